The molecule has 1 fully saturated rings. The van der Waals surface area contributed by atoms with Crippen molar-refractivity contribution in [3.05, 3.63) is 59.7 Å². The highest BCUT2D eigenvalue weighted by atomic mass is 16.1. The summed E-state index contributed by atoms with van der Waals surface area (Å²) < 4.78 is 0. The van der Waals surface area contributed by atoms with Crippen LogP contribution in [0.25, 0.3) is 11.1 Å². The van der Waals surface area contributed by atoms with Crippen LogP contribution in [0.15, 0.2) is 48.5 Å². The number of carbonyl (C=O) groups excluding carboxylic acids is 2. The zero-order valence-corrected chi connectivity index (χ0v) is 12.6. The lowest BCUT2D eigenvalue weighted by atomic mass is 9.69. The Morgan fingerprint density at radius 2 is 1.55 bits per heavy atom. The van der Waals surface area contributed by atoms with Crippen LogP contribution in [-0.2, 0) is 20.4 Å². The normalized spacial score (nSPS) is 27.3. The van der Waals surface area contributed by atoms with E-state index in [4.69, 9.17) is 0 Å². The maximum absolute atomic E-state index is 11.9. The third kappa shape index (κ3) is 1.50. The van der Waals surface area contributed by atoms with Gasteiger partial charge in [0.05, 0.1) is 0 Å². The summed E-state index contributed by atoms with van der Waals surface area (Å²) in [5.74, 6) is 0.196. The molecule has 2 heteroatoms. The predicted octanol–water partition coefficient (Wildman–Crippen LogP) is 3.81. The van der Waals surface area contributed by atoms with Crippen molar-refractivity contribution in [2.45, 2.75) is 37.0 Å². The van der Waals surface area contributed by atoms with Crippen LogP contribution in [0.4, 0.5) is 0 Å². The van der Waals surface area contributed by atoms with Crippen LogP contribution in [0.5, 0.6) is 0 Å². The van der Waals surface area contributed by atoms with E-state index in [9.17, 15) is 9.59 Å². The second kappa shape index (κ2) is 4.39. The molecule has 0 saturated heterocycles. The quantitative estimate of drug-likeness (QED) is 0.802. The number of carbonyl (C=O) groups is 2. The minimum absolute atomic E-state index is 0.189. The fourth-order valence-corrected chi connectivity index (χ4v) is 4.72. The first-order valence-electron chi connectivity index (χ1n) is 7.77. The number of benzene rings is 2. The molecule has 2 atom stereocenters. The molecule has 2 aromatic rings. The lowest BCUT2D eigenvalue weighted by Crippen LogP contribution is -2.29. The van der Waals surface area contributed by atoms with Gasteiger partial charge < -0.3 is 4.79 Å². The molecule has 0 aromatic heterocycles. The molecule has 2 aromatic carbocycles. The van der Waals surface area contributed by atoms with E-state index in [1.807, 2.05) is 24.3 Å². The summed E-state index contributed by atoms with van der Waals surface area (Å²) >= 11 is 0. The zero-order chi connectivity index (χ0) is 15.4. The van der Waals surface area contributed by atoms with Gasteiger partial charge in [0.2, 0.25) is 0 Å². The number of hydrogen-bond acceptors (Lipinski definition) is 2. The van der Waals surface area contributed by atoms with Crippen LogP contribution in [0.3, 0.4) is 0 Å². The first-order chi connectivity index (χ1) is 10.6. The van der Waals surface area contributed by atoms with E-state index in [-0.39, 0.29) is 16.6 Å². The molecule has 2 aliphatic carbocycles. The molecule has 0 unspecified atom stereocenters. The van der Waals surface area contributed by atoms with Gasteiger partial charge >= 0.3 is 0 Å². The van der Waals surface area contributed by atoms with Crippen molar-refractivity contribution in [1.29, 1.82) is 0 Å². The number of aldehydes is 1. The van der Waals surface area contributed by atoms with Crippen LogP contribution in [0.2, 0.25) is 0 Å². The third-order valence-electron chi connectivity index (χ3n) is 5.55. The molecular weight excluding hydrogens is 272 g/mol. The Hall–Kier alpha value is -2.22. The summed E-state index contributed by atoms with van der Waals surface area (Å²) in [6.45, 7) is 1.65. The molecule has 0 bridgehead atoms. The summed E-state index contributed by atoms with van der Waals surface area (Å²) in [5.41, 5.74) is 4.54. The largest absolute Gasteiger partial charge is 0.303 e. The molecule has 0 aliphatic heterocycles. The Kier molecular flexibility index (Phi) is 2.68. The smallest absolute Gasteiger partial charge is 0.130 e. The predicted molar refractivity (Wildman–Crippen MR) is 85.8 cm³/mol. The molecule has 0 spiro atoms. The van der Waals surface area contributed by atoms with Crippen molar-refractivity contribution in [3.63, 3.8) is 0 Å². The van der Waals surface area contributed by atoms with Crippen molar-refractivity contribution < 1.29 is 9.59 Å². The Bertz CT molecular complexity index is 792. The fraction of sp³-hybridized carbons (Fsp3) is 0.300. The van der Waals surface area contributed by atoms with E-state index in [0.29, 0.717) is 12.8 Å². The topological polar surface area (TPSA) is 34.1 Å². The Labute approximate surface area is 130 Å². The van der Waals surface area contributed by atoms with Crippen LogP contribution in [0.1, 0.15) is 37.3 Å². The summed E-state index contributed by atoms with van der Waals surface area (Å²) in [6, 6.07) is 16.7. The Morgan fingerprint density at radius 3 is 2.09 bits per heavy atom. The highest BCUT2D eigenvalue weighted by molar-refractivity contribution is 5.87. The SMILES string of the molecule is CC(=O)C[C@@]12C[C@]1(CC=O)c1ccccc1-c1ccccc12. The number of rotatable bonds is 4. The van der Waals surface area contributed by atoms with Crippen molar-refractivity contribution in [1.82, 2.24) is 0 Å². The lowest BCUT2D eigenvalue weighted by molar-refractivity contribution is -0.118. The standard InChI is InChI=1S/C20H18O2/c1-14(22)12-20-13-19(20,10-11-21)17-8-4-2-6-15(17)16-7-3-5-9-18(16)20/h2-9,11H,10,12-13H2,1H3/t19-,20+/m1/s1. The first-order valence-corrected chi connectivity index (χ1v) is 7.77. The van der Waals surface area contributed by atoms with Gasteiger partial charge in [-0.2, -0.15) is 0 Å². The molecule has 0 radical (unpaired) electrons. The fourth-order valence-electron chi connectivity index (χ4n) is 4.72. The molecule has 4 rings (SSSR count). The van der Waals surface area contributed by atoms with E-state index < -0.39 is 0 Å². The molecular formula is C20H18O2. The third-order valence-corrected chi connectivity index (χ3v) is 5.55. The molecule has 2 nitrogen and oxygen atoms in total. The highest BCUT2D eigenvalue weighted by Crippen LogP contribution is 2.73. The summed E-state index contributed by atoms with van der Waals surface area (Å²) in [6.07, 6.45) is 2.93. The van der Waals surface area contributed by atoms with Gasteiger partial charge in [0.15, 0.2) is 0 Å². The van der Waals surface area contributed by atoms with Crippen LogP contribution >= 0.6 is 0 Å². The number of hydrogen-bond donors (Lipinski definition) is 0. The maximum atomic E-state index is 11.9. The first kappa shape index (κ1) is 13.4. The average Bonchev–Trinajstić information content (AvgIpc) is 3.17. The molecule has 0 amide bonds. The van der Waals surface area contributed by atoms with E-state index in [1.54, 1.807) is 6.92 Å². The monoisotopic (exact) mass is 290 g/mol. The number of ketones is 1. The van der Waals surface area contributed by atoms with E-state index >= 15 is 0 Å². The minimum atomic E-state index is -0.190. The van der Waals surface area contributed by atoms with Gasteiger partial charge in [-0.1, -0.05) is 48.5 Å². The Balaban J connectivity index is 2.03. The maximum Gasteiger partial charge on any atom is 0.130 e. The van der Waals surface area contributed by atoms with Gasteiger partial charge in [-0.25, -0.2) is 0 Å². The molecule has 22 heavy (non-hydrogen) atoms. The van der Waals surface area contributed by atoms with Crippen LogP contribution < -0.4 is 0 Å². The van der Waals surface area contributed by atoms with Crippen LogP contribution in [0, 0.1) is 0 Å². The van der Waals surface area contributed by atoms with Crippen LogP contribution in [-0.4, -0.2) is 12.1 Å². The second-order valence-corrected chi connectivity index (χ2v) is 6.68. The molecule has 0 N–H and O–H groups in total. The van der Waals surface area contributed by atoms with Crippen molar-refractivity contribution >= 4 is 12.1 Å². The summed E-state index contributed by atoms with van der Waals surface area (Å²) in [4.78, 5) is 23.3. The van der Waals surface area contributed by atoms with Gasteiger partial charge in [0, 0.05) is 23.7 Å². The minimum Gasteiger partial charge on any atom is -0.303 e. The summed E-state index contributed by atoms with van der Waals surface area (Å²) in [5, 5.41) is 0. The highest BCUT2D eigenvalue weighted by Gasteiger charge is 2.71. The second-order valence-electron chi connectivity index (χ2n) is 6.68. The molecule has 2 aliphatic rings. The van der Waals surface area contributed by atoms with Gasteiger partial charge in [0.1, 0.15) is 12.1 Å². The average molecular weight is 290 g/mol. The zero-order valence-electron chi connectivity index (χ0n) is 12.6. The molecule has 1 saturated carbocycles. The van der Waals surface area contributed by atoms with Gasteiger partial charge in [-0.15, -0.1) is 0 Å². The number of Topliss-reactive ketones (excluding diaryl/α,β-unsaturated/α-hetero) is 1. The van der Waals surface area contributed by atoms with Gasteiger partial charge in [-0.3, -0.25) is 4.79 Å². The van der Waals surface area contributed by atoms with Crippen molar-refractivity contribution in [2.24, 2.45) is 0 Å². The van der Waals surface area contributed by atoms with E-state index in [0.717, 1.165) is 12.7 Å². The van der Waals surface area contributed by atoms with E-state index in [2.05, 4.69) is 24.3 Å². The number of fused-ring (bicyclic) bond motifs is 6. The lowest BCUT2D eigenvalue weighted by Gasteiger charge is -2.33. The van der Waals surface area contributed by atoms with Gasteiger partial charge in [0.25, 0.3) is 0 Å². The molecule has 110 valence electrons. The summed E-state index contributed by atoms with van der Waals surface area (Å²) in [7, 11) is 0. The molecule has 0 heterocycles. The van der Waals surface area contributed by atoms with Crippen molar-refractivity contribution in [2.75, 3.05) is 0 Å². The van der Waals surface area contributed by atoms with Crippen molar-refractivity contribution in [3.8, 4) is 11.1 Å². The van der Waals surface area contributed by atoms with Gasteiger partial charge in [-0.05, 0) is 35.6 Å². The Morgan fingerprint density at radius 1 is 1.00 bits per heavy atom. The van der Waals surface area contributed by atoms with E-state index in [1.165, 1.54) is 22.3 Å².